The largest absolute Gasteiger partial charge is 0.458 e. The van der Waals surface area contributed by atoms with Crippen molar-refractivity contribution in [3.8, 4) is 0 Å². The van der Waals surface area contributed by atoms with Crippen LogP contribution in [0.2, 0.25) is 0 Å². The van der Waals surface area contributed by atoms with Gasteiger partial charge in [-0.3, -0.25) is 0 Å². The van der Waals surface area contributed by atoms with E-state index in [9.17, 15) is 5.11 Å². The number of furan rings is 1. The summed E-state index contributed by atoms with van der Waals surface area (Å²) in [5.74, 6) is 1.27. The van der Waals surface area contributed by atoms with Gasteiger partial charge in [0.25, 0.3) is 0 Å². The predicted octanol–water partition coefficient (Wildman–Crippen LogP) is 3.58. The van der Waals surface area contributed by atoms with E-state index in [2.05, 4.69) is 19.2 Å². The molecule has 2 rings (SSSR count). The van der Waals surface area contributed by atoms with E-state index in [1.54, 1.807) is 0 Å². The molecule has 0 saturated carbocycles. The fourth-order valence-electron chi connectivity index (χ4n) is 2.32. The number of para-hydroxylation sites is 1. The first kappa shape index (κ1) is 15.1. The number of fused-ring (bicyclic) bond motifs is 1. The lowest BCUT2D eigenvalue weighted by molar-refractivity contribution is 0.0270. The van der Waals surface area contributed by atoms with Gasteiger partial charge in [-0.2, -0.15) is 0 Å². The topological polar surface area (TPSA) is 45.4 Å². The number of aliphatic hydroxyl groups is 1. The van der Waals surface area contributed by atoms with Crippen molar-refractivity contribution < 1.29 is 9.52 Å². The zero-order chi connectivity index (χ0) is 14.8. The second-order valence-corrected chi connectivity index (χ2v) is 6.23. The molecule has 1 aromatic heterocycles. The average molecular weight is 275 g/mol. The Hall–Kier alpha value is -1.32. The van der Waals surface area contributed by atoms with Gasteiger partial charge >= 0.3 is 0 Å². The van der Waals surface area contributed by atoms with Crippen molar-refractivity contribution in [2.75, 3.05) is 13.1 Å². The van der Waals surface area contributed by atoms with Gasteiger partial charge in [0.15, 0.2) is 0 Å². The van der Waals surface area contributed by atoms with Crippen LogP contribution in [0.25, 0.3) is 11.0 Å². The van der Waals surface area contributed by atoms with E-state index in [1.165, 1.54) is 0 Å². The van der Waals surface area contributed by atoms with Crippen LogP contribution in [-0.4, -0.2) is 18.2 Å². The lowest BCUT2D eigenvalue weighted by Gasteiger charge is -2.21. The van der Waals surface area contributed by atoms with Gasteiger partial charge in [-0.05, 0) is 50.9 Å². The summed E-state index contributed by atoms with van der Waals surface area (Å²) in [6, 6.07) is 8.00. The standard InChI is InChI=1S/C17H25NO2/c1-12(2)11-18-9-8-17(4,19)15-10-14-7-5-6-13(3)16(14)20-15/h5-7,10,12,18-19H,8-9,11H2,1-4H3. The molecule has 110 valence electrons. The molecule has 0 saturated heterocycles. The fraction of sp³-hybridized carbons (Fsp3) is 0.529. The van der Waals surface area contributed by atoms with Gasteiger partial charge in [-0.15, -0.1) is 0 Å². The number of hydrogen-bond acceptors (Lipinski definition) is 3. The number of benzene rings is 1. The SMILES string of the molecule is Cc1cccc2cc(C(C)(O)CCNCC(C)C)oc12. The van der Waals surface area contributed by atoms with Crippen molar-refractivity contribution in [3.63, 3.8) is 0 Å². The highest BCUT2D eigenvalue weighted by atomic mass is 16.4. The zero-order valence-corrected chi connectivity index (χ0v) is 12.9. The van der Waals surface area contributed by atoms with E-state index in [0.717, 1.165) is 29.6 Å². The van der Waals surface area contributed by atoms with Crippen LogP contribution in [0.3, 0.4) is 0 Å². The summed E-state index contributed by atoms with van der Waals surface area (Å²) < 4.78 is 5.86. The van der Waals surface area contributed by atoms with Gasteiger partial charge in [0.1, 0.15) is 16.9 Å². The van der Waals surface area contributed by atoms with Gasteiger partial charge in [0, 0.05) is 5.39 Å². The van der Waals surface area contributed by atoms with Crippen LogP contribution in [0.15, 0.2) is 28.7 Å². The summed E-state index contributed by atoms with van der Waals surface area (Å²) in [4.78, 5) is 0. The van der Waals surface area contributed by atoms with Crippen LogP contribution in [0, 0.1) is 12.8 Å². The van der Waals surface area contributed by atoms with Crippen molar-refractivity contribution in [2.24, 2.45) is 5.92 Å². The molecular weight excluding hydrogens is 250 g/mol. The maximum atomic E-state index is 10.6. The molecule has 3 nitrogen and oxygen atoms in total. The van der Waals surface area contributed by atoms with E-state index in [1.807, 2.05) is 38.1 Å². The molecule has 1 unspecified atom stereocenters. The first-order valence-corrected chi connectivity index (χ1v) is 7.33. The Morgan fingerprint density at radius 1 is 1.35 bits per heavy atom. The highest BCUT2D eigenvalue weighted by Crippen LogP contribution is 2.31. The number of aryl methyl sites for hydroxylation is 1. The summed E-state index contributed by atoms with van der Waals surface area (Å²) >= 11 is 0. The smallest absolute Gasteiger partial charge is 0.137 e. The molecule has 1 aromatic carbocycles. The Balaban J connectivity index is 2.09. The van der Waals surface area contributed by atoms with Gasteiger partial charge in [0.2, 0.25) is 0 Å². The Morgan fingerprint density at radius 3 is 2.75 bits per heavy atom. The third kappa shape index (κ3) is 3.41. The lowest BCUT2D eigenvalue weighted by Crippen LogP contribution is -2.29. The van der Waals surface area contributed by atoms with E-state index in [0.29, 0.717) is 18.1 Å². The second-order valence-electron chi connectivity index (χ2n) is 6.23. The molecular formula is C17H25NO2. The molecule has 0 fully saturated rings. The van der Waals surface area contributed by atoms with E-state index in [-0.39, 0.29) is 0 Å². The molecule has 0 spiro atoms. The zero-order valence-electron chi connectivity index (χ0n) is 12.9. The van der Waals surface area contributed by atoms with Crippen LogP contribution in [-0.2, 0) is 5.60 Å². The third-order valence-corrected chi connectivity index (χ3v) is 3.61. The predicted molar refractivity (Wildman–Crippen MR) is 82.8 cm³/mol. The van der Waals surface area contributed by atoms with Crippen LogP contribution in [0.5, 0.6) is 0 Å². The molecule has 1 heterocycles. The van der Waals surface area contributed by atoms with Crippen LogP contribution < -0.4 is 5.32 Å². The molecule has 0 aliphatic carbocycles. The number of nitrogens with one attached hydrogen (secondary N) is 1. The van der Waals surface area contributed by atoms with Crippen LogP contribution in [0.4, 0.5) is 0 Å². The van der Waals surface area contributed by atoms with Crippen LogP contribution in [0.1, 0.15) is 38.5 Å². The van der Waals surface area contributed by atoms with Gasteiger partial charge in [-0.25, -0.2) is 0 Å². The van der Waals surface area contributed by atoms with Crippen LogP contribution >= 0.6 is 0 Å². The molecule has 0 aliphatic heterocycles. The first-order valence-electron chi connectivity index (χ1n) is 7.33. The maximum Gasteiger partial charge on any atom is 0.137 e. The normalized spacial score (nSPS) is 14.9. The molecule has 3 heteroatoms. The van der Waals surface area contributed by atoms with Crippen molar-refractivity contribution in [2.45, 2.75) is 39.7 Å². The highest BCUT2D eigenvalue weighted by molar-refractivity contribution is 5.81. The first-order chi connectivity index (χ1) is 9.40. The highest BCUT2D eigenvalue weighted by Gasteiger charge is 2.27. The molecule has 0 aliphatic rings. The Bertz CT molecular complexity index is 569. The van der Waals surface area contributed by atoms with Gasteiger partial charge in [0.05, 0.1) is 0 Å². The lowest BCUT2D eigenvalue weighted by atomic mass is 9.99. The van der Waals surface area contributed by atoms with E-state index < -0.39 is 5.60 Å². The summed E-state index contributed by atoms with van der Waals surface area (Å²) in [6.07, 6.45) is 0.637. The summed E-state index contributed by atoms with van der Waals surface area (Å²) in [5, 5.41) is 15.0. The van der Waals surface area contributed by atoms with E-state index >= 15 is 0 Å². The minimum atomic E-state index is -0.935. The summed E-state index contributed by atoms with van der Waals surface area (Å²) in [7, 11) is 0. The van der Waals surface area contributed by atoms with Crippen molar-refractivity contribution in [1.82, 2.24) is 5.32 Å². The third-order valence-electron chi connectivity index (χ3n) is 3.61. The quantitative estimate of drug-likeness (QED) is 0.792. The van der Waals surface area contributed by atoms with Crippen molar-refractivity contribution >= 4 is 11.0 Å². The molecule has 2 N–H and O–H groups in total. The minimum Gasteiger partial charge on any atom is -0.458 e. The Morgan fingerprint density at radius 2 is 2.10 bits per heavy atom. The number of hydrogen-bond donors (Lipinski definition) is 2. The Labute approximate surface area is 121 Å². The molecule has 0 radical (unpaired) electrons. The summed E-state index contributed by atoms with van der Waals surface area (Å²) in [5.41, 5.74) is 1.04. The van der Waals surface area contributed by atoms with Crippen molar-refractivity contribution in [3.05, 3.63) is 35.6 Å². The van der Waals surface area contributed by atoms with E-state index in [4.69, 9.17) is 4.42 Å². The van der Waals surface area contributed by atoms with Crippen molar-refractivity contribution in [1.29, 1.82) is 0 Å². The molecule has 2 aromatic rings. The maximum absolute atomic E-state index is 10.6. The molecule has 1 atom stereocenters. The number of rotatable bonds is 6. The fourth-order valence-corrected chi connectivity index (χ4v) is 2.32. The summed E-state index contributed by atoms with van der Waals surface area (Å²) in [6.45, 7) is 9.93. The molecule has 20 heavy (non-hydrogen) atoms. The molecule has 0 amide bonds. The Kier molecular flexibility index (Phi) is 4.51. The average Bonchev–Trinajstić information content (AvgIpc) is 2.81. The minimum absolute atomic E-state index is 0.619. The second kappa shape index (κ2) is 5.98. The van der Waals surface area contributed by atoms with Gasteiger partial charge in [-0.1, -0.05) is 32.0 Å². The van der Waals surface area contributed by atoms with Gasteiger partial charge < -0.3 is 14.8 Å². The molecule has 0 bridgehead atoms. The monoisotopic (exact) mass is 275 g/mol.